The van der Waals surface area contributed by atoms with Gasteiger partial charge in [0.25, 0.3) is 0 Å². The normalized spacial score (nSPS) is 12.1. The van der Waals surface area contributed by atoms with Crippen LogP contribution in [0.25, 0.3) is 0 Å². The number of aryl methyl sites for hydroxylation is 2. The first-order valence-corrected chi connectivity index (χ1v) is 6.65. The first kappa shape index (κ1) is 15.5. The molecule has 1 atom stereocenters. The van der Waals surface area contributed by atoms with Crippen molar-refractivity contribution < 1.29 is 9.53 Å². The lowest BCUT2D eigenvalue weighted by Crippen LogP contribution is -2.40. The minimum Gasteiger partial charge on any atom is -0.494 e. The van der Waals surface area contributed by atoms with Gasteiger partial charge in [-0.2, -0.15) is 0 Å². The summed E-state index contributed by atoms with van der Waals surface area (Å²) >= 11 is 0. The molecule has 0 aliphatic rings. The zero-order valence-electron chi connectivity index (χ0n) is 12.5. The molecule has 0 heterocycles. The number of amides is 1. The molecule has 19 heavy (non-hydrogen) atoms. The van der Waals surface area contributed by atoms with Crippen LogP contribution >= 0.6 is 0 Å². The summed E-state index contributed by atoms with van der Waals surface area (Å²) in [7, 11) is 1.76. The van der Waals surface area contributed by atoms with Gasteiger partial charge in [0.1, 0.15) is 5.75 Å². The summed E-state index contributed by atoms with van der Waals surface area (Å²) in [5.74, 6) is 0.760. The topological polar surface area (TPSA) is 55.6 Å². The first-order valence-electron chi connectivity index (χ1n) is 6.65. The molecule has 0 spiro atoms. The molecule has 0 radical (unpaired) electrons. The third kappa shape index (κ3) is 3.70. The molecule has 1 aromatic rings. The fourth-order valence-electron chi connectivity index (χ4n) is 2.16. The highest BCUT2D eigenvalue weighted by Crippen LogP contribution is 2.29. The highest BCUT2D eigenvalue weighted by Gasteiger charge is 2.19. The zero-order chi connectivity index (χ0) is 14.6. The predicted molar refractivity (Wildman–Crippen MR) is 78.8 cm³/mol. The Labute approximate surface area is 115 Å². The lowest BCUT2D eigenvalue weighted by molar-refractivity contribution is -0.119. The quantitative estimate of drug-likeness (QED) is 0.888. The van der Waals surface area contributed by atoms with Crippen molar-refractivity contribution in [3.8, 4) is 5.75 Å². The Balaban J connectivity index is 3.06. The SMILES string of the molecule is CCCOc1cc(C)c(N(C)C(=O)C(C)N)c(C)c1. The van der Waals surface area contributed by atoms with Gasteiger partial charge in [0.05, 0.1) is 12.6 Å². The number of carbonyl (C=O) groups excluding carboxylic acids is 1. The molecule has 2 N–H and O–H groups in total. The minimum absolute atomic E-state index is 0.0894. The summed E-state index contributed by atoms with van der Waals surface area (Å²) in [6, 6.07) is 3.42. The number of carbonyl (C=O) groups is 1. The van der Waals surface area contributed by atoms with Gasteiger partial charge in [-0.25, -0.2) is 0 Å². The Hall–Kier alpha value is -1.55. The van der Waals surface area contributed by atoms with E-state index in [9.17, 15) is 4.79 Å². The van der Waals surface area contributed by atoms with Gasteiger partial charge in [-0.05, 0) is 50.5 Å². The average molecular weight is 264 g/mol. The van der Waals surface area contributed by atoms with Crippen molar-refractivity contribution in [2.75, 3.05) is 18.6 Å². The highest BCUT2D eigenvalue weighted by molar-refractivity contribution is 5.97. The van der Waals surface area contributed by atoms with Crippen molar-refractivity contribution in [3.63, 3.8) is 0 Å². The molecule has 0 aromatic heterocycles. The Morgan fingerprint density at radius 3 is 2.32 bits per heavy atom. The summed E-state index contributed by atoms with van der Waals surface area (Å²) in [6.45, 7) is 8.43. The van der Waals surface area contributed by atoms with Gasteiger partial charge >= 0.3 is 0 Å². The second-order valence-electron chi connectivity index (χ2n) is 4.94. The monoisotopic (exact) mass is 264 g/mol. The lowest BCUT2D eigenvalue weighted by atomic mass is 10.1. The molecule has 4 nitrogen and oxygen atoms in total. The van der Waals surface area contributed by atoms with Crippen LogP contribution in [0.4, 0.5) is 5.69 Å². The van der Waals surface area contributed by atoms with Crippen LogP contribution in [-0.4, -0.2) is 25.6 Å². The van der Waals surface area contributed by atoms with Crippen LogP contribution in [0.3, 0.4) is 0 Å². The van der Waals surface area contributed by atoms with Crippen molar-refractivity contribution in [1.82, 2.24) is 0 Å². The molecule has 0 aliphatic carbocycles. The number of benzene rings is 1. The van der Waals surface area contributed by atoms with Crippen LogP contribution in [0.15, 0.2) is 12.1 Å². The van der Waals surface area contributed by atoms with Crippen molar-refractivity contribution >= 4 is 11.6 Å². The molecular formula is C15H24N2O2. The van der Waals surface area contributed by atoms with Gasteiger partial charge in [-0.1, -0.05) is 6.92 Å². The minimum atomic E-state index is -0.500. The zero-order valence-corrected chi connectivity index (χ0v) is 12.5. The van der Waals surface area contributed by atoms with Crippen molar-refractivity contribution in [2.24, 2.45) is 5.73 Å². The maximum atomic E-state index is 12.0. The second-order valence-corrected chi connectivity index (χ2v) is 4.94. The number of nitrogens with two attached hydrogens (primary N) is 1. The smallest absolute Gasteiger partial charge is 0.243 e. The number of ether oxygens (including phenoxy) is 1. The predicted octanol–water partition coefficient (Wildman–Crippen LogP) is 2.40. The van der Waals surface area contributed by atoms with Gasteiger partial charge in [0.15, 0.2) is 0 Å². The Kier molecular flexibility index (Phi) is 5.36. The van der Waals surface area contributed by atoms with Crippen LogP contribution in [0, 0.1) is 13.8 Å². The molecule has 0 bridgehead atoms. The van der Waals surface area contributed by atoms with E-state index in [0.29, 0.717) is 6.61 Å². The maximum absolute atomic E-state index is 12.0. The molecule has 0 saturated heterocycles. The molecule has 106 valence electrons. The summed E-state index contributed by atoms with van der Waals surface area (Å²) < 4.78 is 5.63. The Bertz CT molecular complexity index is 432. The van der Waals surface area contributed by atoms with Crippen LogP contribution in [0.2, 0.25) is 0 Å². The number of anilines is 1. The van der Waals surface area contributed by atoms with E-state index < -0.39 is 6.04 Å². The molecule has 0 saturated carbocycles. The highest BCUT2D eigenvalue weighted by atomic mass is 16.5. The van der Waals surface area contributed by atoms with Crippen LogP contribution in [0.1, 0.15) is 31.4 Å². The Morgan fingerprint density at radius 1 is 1.37 bits per heavy atom. The molecule has 4 heteroatoms. The van der Waals surface area contributed by atoms with Gasteiger partial charge in [-0.3, -0.25) is 4.79 Å². The average Bonchev–Trinajstić information content (AvgIpc) is 2.34. The number of hydrogen-bond donors (Lipinski definition) is 1. The van der Waals surface area contributed by atoms with E-state index in [1.165, 1.54) is 0 Å². The van der Waals surface area contributed by atoms with E-state index in [0.717, 1.165) is 29.0 Å². The third-order valence-electron chi connectivity index (χ3n) is 2.99. The molecule has 0 aliphatic heterocycles. The number of hydrogen-bond acceptors (Lipinski definition) is 3. The van der Waals surface area contributed by atoms with E-state index in [1.54, 1.807) is 18.9 Å². The Morgan fingerprint density at radius 2 is 1.89 bits per heavy atom. The van der Waals surface area contributed by atoms with E-state index in [2.05, 4.69) is 6.92 Å². The van der Waals surface area contributed by atoms with Gasteiger partial charge in [-0.15, -0.1) is 0 Å². The first-order chi connectivity index (χ1) is 8.88. The summed E-state index contributed by atoms with van der Waals surface area (Å²) in [4.78, 5) is 13.6. The van der Waals surface area contributed by atoms with Gasteiger partial charge < -0.3 is 15.4 Å². The van der Waals surface area contributed by atoms with E-state index >= 15 is 0 Å². The summed E-state index contributed by atoms with van der Waals surface area (Å²) in [5.41, 5.74) is 8.60. The number of rotatable bonds is 5. The second kappa shape index (κ2) is 6.57. The third-order valence-corrected chi connectivity index (χ3v) is 2.99. The van der Waals surface area contributed by atoms with E-state index in [4.69, 9.17) is 10.5 Å². The lowest BCUT2D eigenvalue weighted by Gasteiger charge is -2.24. The van der Waals surface area contributed by atoms with Crippen molar-refractivity contribution in [2.45, 2.75) is 40.2 Å². The van der Waals surface area contributed by atoms with Crippen LogP contribution in [0.5, 0.6) is 5.75 Å². The fraction of sp³-hybridized carbons (Fsp3) is 0.533. The van der Waals surface area contributed by atoms with Crippen LogP contribution in [-0.2, 0) is 4.79 Å². The van der Waals surface area contributed by atoms with E-state index in [-0.39, 0.29) is 5.91 Å². The van der Waals surface area contributed by atoms with Gasteiger partial charge in [0, 0.05) is 12.7 Å². The summed E-state index contributed by atoms with van der Waals surface area (Å²) in [6.07, 6.45) is 0.975. The number of nitrogens with zero attached hydrogens (tertiary/aromatic N) is 1. The number of likely N-dealkylation sites (N-methyl/N-ethyl adjacent to an activating group) is 1. The largest absolute Gasteiger partial charge is 0.494 e. The maximum Gasteiger partial charge on any atom is 0.243 e. The molecule has 0 fully saturated rings. The van der Waals surface area contributed by atoms with Crippen molar-refractivity contribution in [3.05, 3.63) is 23.3 Å². The molecule has 1 unspecified atom stereocenters. The fourth-order valence-corrected chi connectivity index (χ4v) is 2.16. The van der Waals surface area contributed by atoms with Gasteiger partial charge in [0.2, 0.25) is 5.91 Å². The molecule has 1 rings (SSSR count). The standard InChI is InChI=1S/C15H24N2O2/c1-6-7-19-13-8-10(2)14(11(3)9-13)17(5)15(18)12(4)16/h8-9,12H,6-7,16H2,1-5H3. The van der Waals surface area contributed by atoms with Crippen molar-refractivity contribution in [1.29, 1.82) is 0 Å². The summed E-state index contributed by atoms with van der Waals surface area (Å²) in [5, 5.41) is 0. The molecule has 1 amide bonds. The molecule has 1 aromatic carbocycles. The molecular weight excluding hydrogens is 240 g/mol. The van der Waals surface area contributed by atoms with Crippen LogP contribution < -0.4 is 15.4 Å². The van der Waals surface area contributed by atoms with E-state index in [1.807, 2.05) is 26.0 Å².